The van der Waals surface area contributed by atoms with E-state index < -0.39 is 0 Å². The molecule has 0 aliphatic heterocycles. The van der Waals surface area contributed by atoms with Crippen LogP contribution in [0.25, 0.3) is 33.9 Å². The average molecular weight is 263 g/mol. The van der Waals surface area contributed by atoms with Gasteiger partial charge in [0.25, 0.3) is 0 Å². The first-order valence-corrected chi connectivity index (χ1v) is 6.06. The van der Waals surface area contributed by atoms with Crippen molar-refractivity contribution in [1.29, 1.82) is 0 Å². The summed E-state index contributed by atoms with van der Waals surface area (Å²) in [6, 6.07) is 5.51. The van der Waals surface area contributed by atoms with Crippen LogP contribution in [0, 0.1) is 0 Å². The number of nitrogens with zero attached hydrogens (tertiary/aromatic N) is 4. The van der Waals surface area contributed by atoms with Gasteiger partial charge in [-0.05, 0) is 18.2 Å². The SMILES string of the molecule is c1coc(-c2ccnc(-c3c[nH]c4ncncc34)n2)c1. The lowest BCUT2D eigenvalue weighted by molar-refractivity contribution is 0.580. The molecule has 4 rings (SSSR count). The zero-order valence-corrected chi connectivity index (χ0v) is 10.3. The number of hydrogen-bond donors (Lipinski definition) is 1. The van der Waals surface area contributed by atoms with Crippen molar-refractivity contribution in [2.75, 3.05) is 0 Å². The molecule has 0 atom stereocenters. The van der Waals surface area contributed by atoms with Crippen molar-refractivity contribution >= 4 is 11.0 Å². The Hall–Kier alpha value is -3.02. The van der Waals surface area contributed by atoms with Crippen molar-refractivity contribution in [3.63, 3.8) is 0 Å². The number of H-pyrrole nitrogens is 1. The topological polar surface area (TPSA) is 80.5 Å². The number of aromatic nitrogens is 5. The summed E-state index contributed by atoms with van der Waals surface area (Å²) in [5, 5.41) is 0.893. The number of aromatic amines is 1. The van der Waals surface area contributed by atoms with Gasteiger partial charge in [0.1, 0.15) is 17.7 Å². The van der Waals surface area contributed by atoms with Crippen LogP contribution in [0.2, 0.25) is 0 Å². The molecule has 4 heterocycles. The van der Waals surface area contributed by atoms with Crippen LogP contribution in [-0.2, 0) is 0 Å². The van der Waals surface area contributed by atoms with Gasteiger partial charge in [-0.25, -0.2) is 19.9 Å². The van der Waals surface area contributed by atoms with Crippen molar-refractivity contribution in [2.24, 2.45) is 0 Å². The average Bonchev–Trinajstić information content (AvgIpc) is 3.17. The van der Waals surface area contributed by atoms with Gasteiger partial charge in [-0.15, -0.1) is 0 Å². The van der Waals surface area contributed by atoms with Gasteiger partial charge >= 0.3 is 0 Å². The second-order valence-corrected chi connectivity index (χ2v) is 4.23. The molecular weight excluding hydrogens is 254 g/mol. The van der Waals surface area contributed by atoms with E-state index in [9.17, 15) is 0 Å². The highest BCUT2D eigenvalue weighted by Gasteiger charge is 2.11. The van der Waals surface area contributed by atoms with Crippen molar-refractivity contribution < 1.29 is 4.42 Å². The monoisotopic (exact) mass is 263 g/mol. The second kappa shape index (κ2) is 4.27. The fraction of sp³-hybridized carbons (Fsp3) is 0. The first-order valence-electron chi connectivity index (χ1n) is 6.06. The summed E-state index contributed by atoms with van der Waals surface area (Å²) in [5.41, 5.74) is 2.38. The third-order valence-electron chi connectivity index (χ3n) is 3.03. The van der Waals surface area contributed by atoms with Crippen LogP contribution in [-0.4, -0.2) is 24.9 Å². The van der Waals surface area contributed by atoms with Crippen LogP contribution in [0.4, 0.5) is 0 Å². The lowest BCUT2D eigenvalue weighted by Crippen LogP contribution is -1.90. The molecular formula is C14H9N5O. The third kappa shape index (κ3) is 1.66. The predicted molar refractivity (Wildman–Crippen MR) is 72.6 cm³/mol. The third-order valence-corrected chi connectivity index (χ3v) is 3.03. The normalized spacial score (nSPS) is 11.0. The smallest absolute Gasteiger partial charge is 0.162 e. The summed E-state index contributed by atoms with van der Waals surface area (Å²) in [7, 11) is 0. The van der Waals surface area contributed by atoms with Crippen molar-refractivity contribution in [3.8, 4) is 22.8 Å². The number of fused-ring (bicyclic) bond motifs is 1. The highest BCUT2D eigenvalue weighted by atomic mass is 16.3. The summed E-state index contributed by atoms with van der Waals surface area (Å²) < 4.78 is 5.36. The molecule has 0 fully saturated rings. The van der Waals surface area contributed by atoms with Gasteiger partial charge in [-0.1, -0.05) is 0 Å². The highest BCUT2D eigenvalue weighted by molar-refractivity contribution is 5.90. The molecule has 4 aromatic heterocycles. The molecule has 96 valence electrons. The van der Waals surface area contributed by atoms with Crippen LogP contribution in [0.1, 0.15) is 0 Å². The summed E-state index contributed by atoms with van der Waals surface area (Å²) in [4.78, 5) is 20.1. The molecule has 0 aliphatic carbocycles. The molecule has 0 radical (unpaired) electrons. The molecule has 0 aromatic carbocycles. The van der Waals surface area contributed by atoms with Crippen LogP contribution < -0.4 is 0 Å². The summed E-state index contributed by atoms with van der Waals surface area (Å²) in [6.45, 7) is 0. The second-order valence-electron chi connectivity index (χ2n) is 4.23. The Bertz CT molecular complexity index is 866. The molecule has 6 heteroatoms. The summed E-state index contributed by atoms with van der Waals surface area (Å²) in [5.74, 6) is 1.32. The zero-order valence-electron chi connectivity index (χ0n) is 10.3. The van der Waals surface area contributed by atoms with Gasteiger partial charge in [-0.2, -0.15) is 0 Å². The molecule has 1 N–H and O–H groups in total. The van der Waals surface area contributed by atoms with E-state index in [1.807, 2.05) is 24.4 Å². The van der Waals surface area contributed by atoms with Crippen molar-refractivity contribution in [3.05, 3.63) is 49.4 Å². The summed E-state index contributed by atoms with van der Waals surface area (Å²) in [6.07, 6.45) is 8.42. The van der Waals surface area contributed by atoms with Crippen LogP contribution in [0.3, 0.4) is 0 Å². The predicted octanol–water partition coefficient (Wildman–Crippen LogP) is 2.67. The molecule has 6 nitrogen and oxygen atoms in total. The minimum Gasteiger partial charge on any atom is -0.463 e. The molecule has 0 saturated heterocycles. The van der Waals surface area contributed by atoms with Crippen LogP contribution in [0.5, 0.6) is 0 Å². The van der Waals surface area contributed by atoms with E-state index in [1.54, 1.807) is 18.7 Å². The van der Waals surface area contributed by atoms with Gasteiger partial charge in [0.2, 0.25) is 0 Å². The van der Waals surface area contributed by atoms with E-state index in [4.69, 9.17) is 4.42 Å². The molecule has 0 amide bonds. The van der Waals surface area contributed by atoms with Gasteiger partial charge in [0.15, 0.2) is 11.6 Å². The number of nitrogens with one attached hydrogen (secondary N) is 1. The maximum Gasteiger partial charge on any atom is 0.162 e. The first-order chi connectivity index (χ1) is 9.92. The van der Waals surface area contributed by atoms with E-state index in [1.165, 1.54) is 6.33 Å². The fourth-order valence-electron chi connectivity index (χ4n) is 2.10. The molecule has 0 bridgehead atoms. The van der Waals surface area contributed by atoms with E-state index in [-0.39, 0.29) is 0 Å². The maximum atomic E-state index is 5.36. The minimum atomic E-state index is 0.611. The lowest BCUT2D eigenvalue weighted by Gasteiger charge is -2.00. The quantitative estimate of drug-likeness (QED) is 0.601. The van der Waals surface area contributed by atoms with E-state index >= 15 is 0 Å². The van der Waals surface area contributed by atoms with Crippen molar-refractivity contribution in [2.45, 2.75) is 0 Å². The van der Waals surface area contributed by atoms with Gasteiger partial charge in [-0.3, -0.25) is 0 Å². The molecule has 0 unspecified atom stereocenters. The number of rotatable bonds is 2. The molecule has 4 aromatic rings. The zero-order chi connectivity index (χ0) is 13.4. The van der Waals surface area contributed by atoms with Gasteiger partial charge in [0, 0.05) is 29.5 Å². The van der Waals surface area contributed by atoms with Gasteiger partial charge < -0.3 is 9.40 Å². The first kappa shape index (κ1) is 10.9. The largest absolute Gasteiger partial charge is 0.463 e. The van der Waals surface area contributed by atoms with Crippen LogP contribution in [0.15, 0.2) is 53.8 Å². The van der Waals surface area contributed by atoms with E-state index in [0.29, 0.717) is 11.6 Å². The van der Waals surface area contributed by atoms with E-state index in [2.05, 4.69) is 24.9 Å². The molecule has 20 heavy (non-hydrogen) atoms. The van der Waals surface area contributed by atoms with Gasteiger partial charge in [0.05, 0.1) is 6.26 Å². The Labute approximate surface area is 113 Å². The van der Waals surface area contributed by atoms with Crippen molar-refractivity contribution in [1.82, 2.24) is 24.9 Å². The Kier molecular flexibility index (Phi) is 2.32. The Morgan fingerprint density at radius 3 is 3.05 bits per heavy atom. The summed E-state index contributed by atoms with van der Waals surface area (Å²) >= 11 is 0. The van der Waals surface area contributed by atoms with E-state index in [0.717, 1.165) is 22.3 Å². The fourth-order valence-corrected chi connectivity index (χ4v) is 2.10. The molecule has 0 saturated carbocycles. The van der Waals surface area contributed by atoms with Crippen LogP contribution >= 0.6 is 0 Å². The number of furan rings is 1. The molecule has 0 aliphatic rings. The lowest BCUT2D eigenvalue weighted by atomic mass is 10.2. The Balaban J connectivity index is 1.88. The molecule has 0 spiro atoms. The maximum absolute atomic E-state index is 5.36. The minimum absolute atomic E-state index is 0.611. The Morgan fingerprint density at radius 2 is 2.15 bits per heavy atom. The Morgan fingerprint density at radius 1 is 1.15 bits per heavy atom. The number of hydrogen-bond acceptors (Lipinski definition) is 5. The standard InChI is InChI=1S/C14H9N5O/c1-2-12(20-5-1)11-3-4-16-14(19-11)10-7-17-13-9(10)6-15-8-18-13/h1-8H,(H,15,17,18). The highest BCUT2D eigenvalue weighted by Crippen LogP contribution is 2.26.